The second kappa shape index (κ2) is 14.5. The van der Waals surface area contributed by atoms with Crippen LogP contribution >= 0.6 is 0 Å². The van der Waals surface area contributed by atoms with E-state index >= 15 is 0 Å². The van der Waals surface area contributed by atoms with Crippen LogP contribution in [0.2, 0.25) is 38.3 Å². The van der Waals surface area contributed by atoms with Crippen LogP contribution in [0.5, 0.6) is 0 Å². The molecule has 0 heterocycles. The Labute approximate surface area is 217 Å². The van der Waals surface area contributed by atoms with E-state index in [4.69, 9.17) is 13.6 Å². The Balaban J connectivity index is 4.41. The highest BCUT2D eigenvalue weighted by Crippen LogP contribution is 2.24. The number of carbonyl (C=O) groups excluding carboxylic acids is 2. The average molecular weight is 531 g/mol. The first-order chi connectivity index (χ1) is 15.8. The molecule has 0 unspecified atom stereocenters. The van der Waals surface area contributed by atoms with Gasteiger partial charge < -0.3 is 22.6 Å². The minimum absolute atomic E-state index is 0.312. The maximum atomic E-state index is 11.6. The topological polar surface area (TPSA) is 61.8 Å². The second-order valence-corrected chi connectivity index (χ2v) is 21.3. The largest absolute Gasteiger partial charge is 0.456 e. The van der Waals surface area contributed by atoms with E-state index in [2.05, 4.69) is 67.5 Å². The number of ether oxygens (including phenoxy) is 2. The van der Waals surface area contributed by atoms with Crippen LogP contribution in [0.1, 0.15) is 26.7 Å². The minimum atomic E-state index is -1.76. The quantitative estimate of drug-likeness (QED) is 0.112. The van der Waals surface area contributed by atoms with Gasteiger partial charge in [-0.25, -0.2) is 9.59 Å². The third-order valence-electron chi connectivity index (χ3n) is 6.19. The molecule has 9 heteroatoms. The average Bonchev–Trinajstić information content (AvgIpc) is 2.65. The molecule has 0 fully saturated rings. The number of hydrogen-bond acceptors (Lipinski definition) is 5. The predicted octanol–water partition coefficient (Wildman–Crippen LogP) is 4.58. The van der Waals surface area contributed by atoms with Crippen LogP contribution in [0.4, 0.5) is 0 Å². The molecule has 0 N–H and O–H groups in total. The van der Waals surface area contributed by atoms with Crippen molar-refractivity contribution in [2.75, 3.05) is 67.6 Å². The van der Waals surface area contributed by atoms with Gasteiger partial charge in [0.1, 0.15) is 26.3 Å². The van der Waals surface area contributed by atoms with Gasteiger partial charge >= 0.3 is 11.9 Å². The fourth-order valence-electron chi connectivity index (χ4n) is 3.96. The molecule has 7 nitrogen and oxygen atoms in total. The van der Waals surface area contributed by atoms with Crippen molar-refractivity contribution in [3.8, 4) is 0 Å². The molecule has 0 spiro atoms. The Bertz CT molecular complexity index is 673. The first kappa shape index (κ1) is 33.7. The van der Waals surface area contributed by atoms with Gasteiger partial charge in [0, 0.05) is 11.1 Å². The van der Waals surface area contributed by atoms with Gasteiger partial charge in [-0.3, -0.25) is 0 Å². The van der Waals surface area contributed by atoms with E-state index in [1.807, 2.05) is 0 Å². The van der Waals surface area contributed by atoms with Gasteiger partial charge in [0.05, 0.1) is 41.3 Å². The number of rotatable bonds is 18. The third kappa shape index (κ3) is 16.9. The van der Waals surface area contributed by atoms with Crippen molar-refractivity contribution in [2.45, 2.75) is 65.0 Å². The molecule has 0 aliphatic carbocycles. The summed E-state index contributed by atoms with van der Waals surface area (Å²) in [6.45, 7) is 24.4. The van der Waals surface area contributed by atoms with Crippen molar-refractivity contribution in [3.05, 3.63) is 24.3 Å². The van der Waals surface area contributed by atoms with E-state index in [9.17, 15) is 9.59 Å². The molecular formula is C26H54N2O5Si2+2. The summed E-state index contributed by atoms with van der Waals surface area (Å²) in [5.74, 6) is -0.625. The van der Waals surface area contributed by atoms with Crippen molar-refractivity contribution < 1.29 is 32.1 Å². The molecule has 0 aliphatic heterocycles. The summed E-state index contributed by atoms with van der Waals surface area (Å²) in [6, 6.07) is 2.26. The molecule has 0 amide bonds. The molecule has 0 atom stereocenters. The predicted molar refractivity (Wildman–Crippen MR) is 150 cm³/mol. The van der Waals surface area contributed by atoms with Crippen LogP contribution in [0.25, 0.3) is 0 Å². The smallest absolute Gasteiger partial charge is 0.333 e. The Morgan fingerprint density at radius 1 is 0.657 bits per heavy atom. The maximum Gasteiger partial charge on any atom is 0.333 e. The summed E-state index contributed by atoms with van der Waals surface area (Å²) in [7, 11) is 5.21. The van der Waals surface area contributed by atoms with Gasteiger partial charge in [0.15, 0.2) is 16.6 Å². The lowest BCUT2D eigenvalue weighted by atomic mass is 10.3. The van der Waals surface area contributed by atoms with E-state index in [0.29, 0.717) is 24.4 Å². The van der Waals surface area contributed by atoms with E-state index in [0.717, 1.165) is 60.1 Å². The molecule has 0 rings (SSSR count). The van der Waals surface area contributed by atoms with Crippen molar-refractivity contribution in [1.82, 2.24) is 0 Å². The third-order valence-corrected chi connectivity index (χ3v) is 13.7. The molecule has 0 saturated heterocycles. The van der Waals surface area contributed by atoms with E-state index in [1.54, 1.807) is 13.8 Å². The molecule has 35 heavy (non-hydrogen) atoms. The van der Waals surface area contributed by atoms with Gasteiger partial charge in [-0.1, -0.05) is 13.2 Å². The lowest BCUT2D eigenvalue weighted by Gasteiger charge is -2.36. The van der Waals surface area contributed by atoms with Crippen LogP contribution in [0, 0.1) is 0 Å². The highest BCUT2D eigenvalue weighted by Gasteiger charge is 2.33. The SMILES string of the molecule is C=C(C)C(=O)OCC[N+](C)(C)CCC[Si](C)(C)O[Si](C)(C)CCC[N+](C)(C)CCOC(=O)C(=C)C. The second-order valence-electron chi connectivity index (χ2n) is 12.4. The summed E-state index contributed by atoms with van der Waals surface area (Å²) < 4.78 is 19.0. The maximum absolute atomic E-state index is 11.6. The molecule has 0 aromatic carbocycles. The molecule has 0 saturated carbocycles. The number of esters is 2. The van der Waals surface area contributed by atoms with Gasteiger partial charge in [0.25, 0.3) is 0 Å². The number of quaternary nitrogens is 2. The fourth-order valence-corrected chi connectivity index (χ4v) is 12.8. The molecular weight excluding hydrogens is 476 g/mol. The van der Waals surface area contributed by atoms with Gasteiger partial charge in [-0.15, -0.1) is 0 Å². The van der Waals surface area contributed by atoms with Crippen LogP contribution in [-0.2, 0) is 23.2 Å². The molecule has 0 radical (unpaired) electrons. The Morgan fingerprint density at radius 3 is 1.26 bits per heavy atom. The molecule has 0 aromatic rings. The van der Waals surface area contributed by atoms with Crippen molar-refractivity contribution in [1.29, 1.82) is 0 Å². The summed E-state index contributed by atoms with van der Waals surface area (Å²) in [5.41, 5.74) is 0.886. The molecule has 204 valence electrons. The van der Waals surface area contributed by atoms with E-state index in [-0.39, 0.29) is 11.9 Å². The minimum Gasteiger partial charge on any atom is -0.456 e. The summed E-state index contributed by atoms with van der Waals surface area (Å²) in [6.07, 6.45) is 2.22. The number of carbonyl (C=O) groups is 2. The summed E-state index contributed by atoms with van der Waals surface area (Å²) in [5, 5.41) is 0. The number of hydrogen-bond donors (Lipinski definition) is 0. The van der Waals surface area contributed by atoms with E-state index in [1.165, 1.54) is 0 Å². The molecule has 0 aliphatic rings. The number of nitrogens with zero attached hydrogens (tertiary/aromatic N) is 2. The first-order valence-electron chi connectivity index (χ1n) is 12.8. The van der Waals surface area contributed by atoms with Crippen LogP contribution in [0.3, 0.4) is 0 Å². The normalized spacial score (nSPS) is 12.9. The van der Waals surface area contributed by atoms with Crippen LogP contribution < -0.4 is 0 Å². The Morgan fingerprint density at radius 2 is 0.971 bits per heavy atom. The first-order valence-corrected chi connectivity index (χ1v) is 19.0. The van der Waals surface area contributed by atoms with Crippen LogP contribution in [0.15, 0.2) is 24.3 Å². The molecule has 0 aromatic heterocycles. The van der Waals surface area contributed by atoms with E-state index < -0.39 is 16.6 Å². The molecule has 0 bridgehead atoms. The lowest BCUT2D eigenvalue weighted by molar-refractivity contribution is -0.890. The van der Waals surface area contributed by atoms with Crippen molar-refractivity contribution in [3.63, 3.8) is 0 Å². The standard InChI is InChI=1S/C26H54N2O5Si2/c1-23(2)25(29)31-19-17-27(5,6)15-13-21-34(9,10)33-35(11,12)22-14-16-28(7,8)18-20-32-26(30)24(3)4/h1,3,13-22H2,2,4-12H3/q+2. The zero-order valence-electron chi connectivity index (χ0n) is 24.4. The summed E-state index contributed by atoms with van der Waals surface area (Å²) in [4.78, 5) is 23.1. The lowest BCUT2D eigenvalue weighted by Crippen LogP contribution is -2.47. The Hall–Kier alpha value is -1.27. The fraction of sp³-hybridized carbons (Fsp3) is 0.769. The Kier molecular flexibility index (Phi) is 13.9. The monoisotopic (exact) mass is 530 g/mol. The van der Waals surface area contributed by atoms with Crippen molar-refractivity contribution >= 4 is 28.6 Å². The zero-order chi connectivity index (χ0) is 27.5. The summed E-state index contributed by atoms with van der Waals surface area (Å²) >= 11 is 0. The van der Waals surface area contributed by atoms with Crippen LogP contribution in [-0.4, -0.2) is 105 Å². The van der Waals surface area contributed by atoms with Gasteiger partial charge in [-0.05, 0) is 65.0 Å². The van der Waals surface area contributed by atoms with Gasteiger partial charge in [-0.2, -0.15) is 0 Å². The van der Waals surface area contributed by atoms with Crippen molar-refractivity contribution in [2.24, 2.45) is 0 Å². The van der Waals surface area contributed by atoms with Gasteiger partial charge in [0.2, 0.25) is 0 Å². The highest BCUT2D eigenvalue weighted by atomic mass is 28.4. The zero-order valence-corrected chi connectivity index (χ0v) is 26.4. The highest BCUT2D eigenvalue weighted by molar-refractivity contribution is 6.84. The number of likely N-dealkylation sites (N-methyl/N-ethyl adjacent to an activating group) is 2.